The Morgan fingerprint density at radius 3 is 2.38 bits per heavy atom. The Kier molecular flexibility index (Phi) is 5.13. The highest BCUT2D eigenvalue weighted by atomic mass is 32.2. The van der Waals surface area contributed by atoms with E-state index in [0.717, 1.165) is 10.5 Å². The van der Waals surface area contributed by atoms with E-state index in [0.29, 0.717) is 12.2 Å². The summed E-state index contributed by atoms with van der Waals surface area (Å²) < 4.78 is 6.04. The fourth-order valence-electron chi connectivity index (χ4n) is 2.77. The molecule has 1 aliphatic rings. The van der Waals surface area contributed by atoms with Crippen LogP contribution in [0.4, 0.5) is 5.69 Å². The van der Waals surface area contributed by atoms with Crippen molar-refractivity contribution < 1.29 is 14.5 Å². The molecule has 3 rings (SSSR count). The molecule has 0 spiro atoms. The first kappa shape index (κ1) is 18.2. The van der Waals surface area contributed by atoms with Gasteiger partial charge in [-0.3, -0.25) is 14.9 Å². The number of non-ortho nitro benzene ring substituents is 1. The fraction of sp³-hybridized carbons (Fsp3) is 0.250. The molecule has 6 heteroatoms. The Labute approximate surface area is 156 Å². The molecule has 134 valence electrons. The average molecular weight is 369 g/mol. The number of rotatable bonds is 5. The first-order valence-electron chi connectivity index (χ1n) is 8.25. The van der Waals surface area contributed by atoms with Crippen LogP contribution in [0.3, 0.4) is 0 Å². The van der Waals surface area contributed by atoms with Gasteiger partial charge in [0.15, 0.2) is 5.78 Å². The minimum Gasteiger partial charge on any atom is -0.483 e. The molecular weight excluding hydrogens is 350 g/mol. The quantitative estimate of drug-likeness (QED) is 0.543. The second-order valence-electron chi connectivity index (χ2n) is 6.56. The number of nitrogens with zero attached hydrogens (tertiary/aromatic N) is 1. The third kappa shape index (κ3) is 4.14. The lowest BCUT2D eigenvalue weighted by Crippen LogP contribution is -2.32. The monoisotopic (exact) mass is 369 g/mol. The molecule has 1 heterocycles. The number of nitro groups is 1. The normalized spacial score (nSPS) is 17.5. The molecule has 1 unspecified atom stereocenters. The fourth-order valence-corrected chi connectivity index (χ4v) is 4.14. The predicted molar refractivity (Wildman–Crippen MR) is 102 cm³/mol. The van der Waals surface area contributed by atoms with Crippen LogP contribution in [0, 0.1) is 10.1 Å². The van der Waals surface area contributed by atoms with Gasteiger partial charge in [0.2, 0.25) is 0 Å². The van der Waals surface area contributed by atoms with Crippen molar-refractivity contribution in [3.05, 3.63) is 81.3 Å². The van der Waals surface area contributed by atoms with E-state index >= 15 is 0 Å². The van der Waals surface area contributed by atoms with Crippen LogP contribution in [0.5, 0.6) is 5.75 Å². The number of hydrogen-bond acceptors (Lipinski definition) is 5. The van der Waals surface area contributed by atoms with Gasteiger partial charge in [0, 0.05) is 28.7 Å². The summed E-state index contributed by atoms with van der Waals surface area (Å²) in [4.78, 5) is 23.4. The molecule has 0 fully saturated rings. The summed E-state index contributed by atoms with van der Waals surface area (Å²) in [5.41, 5.74) is 0.410. The molecular formula is C20H19NO4S. The van der Waals surface area contributed by atoms with Gasteiger partial charge in [-0.25, -0.2) is 0 Å². The summed E-state index contributed by atoms with van der Waals surface area (Å²) in [6.07, 6.45) is 2.11. The first-order valence-corrected chi connectivity index (χ1v) is 9.13. The van der Waals surface area contributed by atoms with Crippen LogP contribution in [0.15, 0.2) is 65.6 Å². The highest BCUT2D eigenvalue weighted by Gasteiger charge is 2.33. The first-order chi connectivity index (χ1) is 12.3. The number of nitro benzene ring substituents is 1. The maximum absolute atomic E-state index is 12.3. The Morgan fingerprint density at radius 1 is 1.12 bits per heavy atom. The lowest BCUT2D eigenvalue weighted by molar-refractivity contribution is -0.384. The number of ether oxygens (including phenoxy) is 1. The average Bonchev–Trinajstić information content (AvgIpc) is 2.62. The van der Waals surface area contributed by atoms with E-state index in [-0.39, 0.29) is 16.7 Å². The molecule has 2 aromatic carbocycles. The summed E-state index contributed by atoms with van der Waals surface area (Å²) in [7, 11) is 0. The summed E-state index contributed by atoms with van der Waals surface area (Å²) in [6.45, 7) is 3.79. The number of carbonyl (C=O) groups is 1. The molecule has 0 N–H and O–H groups in total. The highest BCUT2D eigenvalue weighted by Crippen LogP contribution is 2.46. The van der Waals surface area contributed by atoms with Gasteiger partial charge >= 0.3 is 0 Å². The molecule has 0 saturated heterocycles. The van der Waals surface area contributed by atoms with Crippen molar-refractivity contribution in [1.29, 1.82) is 0 Å². The van der Waals surface area contributed by atoms with Crippen LogP contribution < -0.4 is 4.74 Å². The van der Waals surface area contributed by atoms with E-state index in [9.17, 15) is 14.9 Å². The van der Waals surface area contributed by atoms with Crippen molar-refractivity contribution in [2.75, 3.05) is 0 Å². The third-order valence-electron chi connectivity index (χ3n) is 4.13. The lowest BCUT2D eigenvalue weighted by atomic mass is 10.0. The molecule has 1 aliphatic heterocycles. The van der Waals surface area contributed by atoms with Gasteiger partial charge in [-0.15, -0.1) is 11.8 Å². The van der Waals surface area contributed by atoms with Crippen molar-refractivity contribution in [3.8, 4) is 5.75 Å². The van der Waals surface area contributed by atoms with Crippen molar-refractivity contribution in [2.24, 2.45) is 0 Å². The molecule has 0 saturated carbocycles. The number of hydrogen-bond donors (Lipinski definition) is 0. The van der Waals surface area contributed by atoms with Crippen molar-refractivity contribution in [2.45, 2.75) is 31.1 Å². The molecule has 0 aliphatic carbocycles. The van der Waals surface area contributed by atoms with E-state index in [1.54, 1.807) is 30.0 Å². The van der Waals surface area contributed by atoms with Crippen molar-refractivity contribution >= 4 is 23.2 Å². The molecule has 0 bridgehead atoms. The van der Waals surface area contributed by atoms with E-state index in [4.69, 9.17) is 4.74 Å². The standard InChI is InChI=1S/C20H19NO4S/c1-20(2,25-17-10-8-15(9-11-17)21(23)24)19-13-16(22)12-18(26-19)14-6-4-3-5-7-14/h3-11,13,18H,12H2,1-2H3. The second-order valence-corrected chi connectivity index (χ2v) is 7.80. The van der Waals surface area contributed by atoms with E-state index < -0.39 is 10.5 Å². The van der Waals surface area contributed by atoms with Crippen molar-refractivity contribution in [3.63, 3.8) is 0 Å². The summed E-state index contributed by atoms with van der Waals surface area (Å²) >= 11 is 1.63. The SMILES string of the molecule is CC(C)(Oc1ccc([N+](=O)[O-])cc1)C1=CC(=O)CC(c2ccccc2)S1. The van der Waals surface area contributed by atoms with E-state index in [1.807, 2.05) is 44.2 Å². The van der Waals surface area contributed by atoms with Crippen LogP contribution in [-0.4, -0.2) is 16.3 Å². The topological polar surface area (TPSA) is 69.4 Å². The molecule has 1 atom stereocenters. The van der Waals surface area contributed by atoms with Gasteiger partial charge in [0.1, 0.15) is 11.4 Å². The molecule has 0 aromatic heterocycles. The van der Waals surface area contributed by atoms with Gasteiger partial charge in [0.05, 0.1) is 4.92 Å². The number of allylic oxidation sites excluding steroid dienone is 1. The summed E-state index contributed by atoms with van der Waals surface area (Å²) in [6, 6.07) is 15.9. The van der Waals surface area contributed by atoms with Crippen molar-refractivity contribution in [1.82, 2.24) is 0 Å². The minimum atomic E-state index is -0.718. The second kappa shape index (κ2) is 7.33. The lowest BCUT2D eigenvalue weighted by Gasteiger charge is -2.33. The van der Waals surface area contributed by atoms with Crippen LogP contribution in [0.2, 0.25) is 0 Å². The van der Waals surface area contributed by atoms with Gasteiger partial charge in [-0.1, -0.05) is 30.3 Å². The Hall–Kier alpha value is -2.60. The zero-order valence-corrected chi connectivity index (χ0v) is 15.4. The zero-order chi connectivity index (χ0) is 18.7. The molecule has 0 radical (unpaired) electrons. The largest absolute Gasteiger partial charge is 0.483 e. The minimum absolute atomic E-state index is 0.0146. The van der Waals surface area contributed by atoms with Gasteiger partial charge in [-0.2, -0.15) is 0 Å². The summed E-state index contributed by atoms with van der Waals surface area (Å²) in [5, 5.41) is 10.8. The van der Waals surface area contributed by atoms with Gasteiger partial charge < -0.3 is 4.74 Å². The molecule has 5 nitrogen and oxygen atoms in total. The van der Waals surface area contributed by atoms with E-state index in [1.165, 1.54) is 12.1 Å². The Bertz CT molecular complexity index is 844. The number of ketones is 1. The number of benzene rings is 2. The van der Waals surface area contributed by atoms with Crippen LogP contribution in [0.25, 0.3) is 0 Å². The molecule has 2 aromatic rings. The smallest absolute Gasteiger partial charge is 0.269 e. The van der Waals surface area contributed by atoms with Crippen LogP contribution in [-0.2, 0) is 4.79 Å². The van der Waals surface area contributed by atoms with Gasteiger partial charge in [0.25, 0.3) is 5.69 Å². The summed E-state index contributed by atoms with van der Waals surface area (Å²) in [5.74, 6) is 0.601. The Balaban J connectivity index is 1.79. The van der Waals surface area contributed by atoms with E-state index in [2.05, 4.69) is 0 Å². The molecule has 0 amide bonds. The van der Waals surface area contributed by atoms with Crippen LogP contribution in [0.1, 0.15) is 31.1 Å². The maximum Gasteiger partial charge on any atom is 0.269 e. The van der Waals surface area contributed by atoms with Gasteiger partial charge in [-0.05, 0) is 37.6 Å². The highest BCUT2D eigenvalue weighted by molar-refractivity contribution is 8.03. The third-order valence-corrected chi connectivity index (χ3v) is 5.72. The zero-order valence-electron chi connectivity index (χ0n) is 14.5. The maximum atomic E-state index is 12.3. The number of thioether (sulfide) groups is 1. The Morgan fingerprint density at radius 2 is 1.77 bits per heavy atom. The number of carbonyl (C=O) groups excluding carboxylic acids is 1. The predicted octanol–water partition coefficient (Wildman–Crippen LogP) is 5.08. The molecule has 26 heavy (non-hydrogen) atoms. The van der Waals surface area contributed by atoms with Crippen LogP contribution >= 0.6 is 11.8 Å².